The van der Waals surface area contributed by atoms with E-state index < -0.39 is 0 Å². The standard InChI is InChI=1S/C16H25N3O/c20-10-12-6-4-5-8-14(12)19-16-13-7-2-1-3-9-15(13)17-11-18-16/h11-12,14,20H,1-10H2,(H,17,18,19). The third-order valence-electron chi connectivity index (χ3n) is 4.84. The molecule has 4 heteroatoms. The lowest BCUT2D eigenvalue weighted by molar-refractivity contribution is 0.178. The molecule has 0 saturated heterocycles. The fraction of sp³-hybridized carbons (Fsp3) is 0.750. The van der Waals surface area contributed by atoms with Gasteiger partial charge in [-0.3, -0.25) is 0 Å². The average Bonchev–Trinajstić information content (AvgIpc) is 2.74. The maximum atomic E-state index is 9.55. The Morgan fingerprint density at radius 2 is 1.90 bits per heavy atom. The first kappa shape index (κ1) is 13.8. The Bertz CT molecular complexity index is 449. The largest absolute Gasteiger partial charge is 0.396 e. The van der Waals surface area contributed by atoms with Crippen molar-refractivity contribution in [1.29, 1.82) is 0 Å². The fourth-order valence-electron chi connectivity index (χ4n) is 3.61. The highest BCUT2D eigenvalue weighted by molar-refractivity contribution is 5.47. The van der Waals surface area contributed by atoms with E-state index in [4.69, 9.17) is 0 Å². The Kier molecular flexibility index (Phi) is 4.51. The molecule has 1 aromatic heterocycles. The van der Waals surface area contributed by atoms with Crippen LogP contribution in [0.25, 0.3) is 0 Å². The van der Waals surface area contributed by atoms with Crippen molar-refractivity contribution in [3.05, 3.63) is 17.6 Å². The molecule has 0 amide bonds. The Hall–Kier alpha value is -1.16. The maximum absolute atomic E-state index is 9.55. The van der Waals surface area contributed by atoms with E-state index in [0.29, 0.717) is 12.0 Å². The molecule has 2 unspecified atom stereocenters. The van der Waals surface area contributed by atoms with Crippen molar-refractivity contribution >= 4 is 5.82 Å². The number of aromatic nitrogens is 2. The fourth-order valence-corrected chi connectivity index (χ4v) is 3.61. The van der Waals surface area contributed by atoms with Crippen LogP contribution >= 0.6 is 0 Å². The Morgan fingerprint density at radius 1 is 1.05 bits per heavy atom. The second-order valence-corrected chi connectivity index (χ2v) is 6.19. The Labute approximate surface area is 121 Å². The van der Waals surface area contributed by atoms with Gasteiger partial charge in [-0.05, 0) is 38.5 Å². The molecule has 110 valence electrons. The molecular formula is C16H25N3O. The van der Waals surface area contributed by atoms with Crippen molar-refractivity contribution < 1.29 is 5.11 Å². The van der Waals surface area contributed by atoms with Crippen LogP contribution < -0.4 is 5.32 Å². The van der Waals surface area contributed by atoms with Gasteiger partial charge in [0.25, 0.3) is 0 Å². The molecule has 1 aromatic rings. The van der Waals surface area contributed by atoms with E-state index in [1.807, 2.05) is 0 Å². The van der Waals surface area contributed by atoms with Crippen LogP contribution in [0.4, 0.5) is 5.82 Å². The van der Waals surface area contributed by atoms with Crippen LogP contribution in [-0.2, 0) is 12.8 Å². The molecule has 20 heavy (non-hydrogen) atoms. The number of nitrogens with zero attached hydrogens (tertiary/aromatic N) is 2. The summed E-state index contributed by atoms with van der Waals surface area (Å²) >= 11 is 0. The van der Waals surface area contributed by atoms with Crippen LogP contribution in [0, 0.1) is 5.92 Å². The van der Waals surface area contributed by atoms with E-state index in [-0.39, 0.29) is 6.61 Å². The molecule has 0 radical (unpaired) electrons. The number of aliphatic hydroxyl groups excluding tert-OH is 1. The van der Waals surface area contributed by atoms with Gasteiger partial charge in [-0.2, -0.15) is 0 Å². The Morgan fingerprint density at radius 3 is 2.80 bits per heavy atom. The van der Waals surface area contributed by atoms with Crippen molar-refractivity contribution in [1.82, 2.24) is 9.97 Å². The third kappa shape index (κ3) is 2.95. The lowest BCUT2D eigenvalue weighted by Gasteiger charge is -2.32. The van der Waals surface area contributed by atoms with Crippen LogP contribution in [0.2, 0.25) is 0 Å². The topological polar surface area (TPSA) is 58.0 Å². The van der Waals surface area contributed by atoms with Crippen molar-refractivity contribution in [3.63, 3.8) is 0 Å². The first-order valence-corrected chi connectivity index (χ1v) is 8.08. The van der Waals surface area contributed by atoms with E-state index in [2.05, 4.69) is 15.3 Å². The molecule has 2 atom stereocenters. The van der Waals surface area contributed by atoms with Crippen LogP contribution in [0.1, 0.15) is 56.2 Å². The summed E-state index contributed by atoms with van der Waals surface area (Å²) in [5.74, 6) is 1.40. The van der Waals surface area contributed by atoms with Gasteiger partial charge in [-0.25, -0.2) is 9.97 Å². The third-order valence-corrected chi connectivity index (χ3v) is 4.84. The highest BCUT2D eigenvalue weighted by atomic mass is 16.3. The molecule has 3 rings (SSSR count). The van der Waals surface area contributed by atoms with Crippen LogP contribution in [0.3, 0.4) is 0 Å². The van der Waals surface area contributed by atoms with Crippen molar-refractivity contribution in [2.45, 2.75) is 63.8 Å². The summed E-state index contributed by atoms with van der Waals surface area (Å²) in [7, 11) is 0. The number of nitrogens with one attached hydrogen (secondary N) is 1. The number of hydrogen-bond donors (Lipinski definition) is 2. The second kappa shape index (κ2) is 6.53. The van der Waals surface area contributed by atoms with Gasteiger partial charge in [-0.1, -0.05) is 19.3 Å². The number of fused-ring (bicyclic) bond motifs is 1. The second-order valence-electron chi connectivity index (χ2n) is 6.19. The molecule has 2 aliphatic carbocycles. The summed E-state index contributed by atoms with van der Waals surface area (Å²) in [6.07, 6.45) is 12.4. The predicted molar refractivity (Wildman–Crippen MR) is 79.7 cm³/mol. The minimum absolute atomic E-state index is 0.283. The smallest absolute Gasteiger partial charge is 0.133 e. The van der Waals surface area contributed by atoms with Crippen LogP contribution in [0.15, 0.2) is 6.33 Å². The number of rotatable bonds is 3. The van der Waals surface area contributed by atoms with Gasteiger partial charge >= 0.3 is 0 Å². The molecule has 0 bridgehead atoms. The average molecular weight is 275 g/mol. The quantitative estimate of drug-likeness (QED) is 0.833. The van der Waals surface area contributed by atoms with Crippen molar-refractivity contribution in [3.8, 4) is 0 Å². The zero-order valence-corrected chi connectivity index (χ0v) is 12.1. The molecule has 0 aliphatic heterocycles. The maximum Gasteiger partial charge on any atom is 0.133 e. The first-order valence-electron chi connectivity index (χ1n) is 8.08. The molecule has 1 heterocycles. The van der Waals surface area contributed by atoms with Crippen LogP contribution in [0.5, 0.6) is 0 Å². The van der Waals surface area contributed by atoms with E-state index in [1.54, 1.807) is 6.33 Å². The van der Waals surface area contributed by atoms with Crippen LogP contribution in [-0.4, -0.2) is 27.7 Å². The summed E-state index contributed by atoms with van der Waals surface area (Å²) in [5.41, 5.74) is 2.56. The highest BCUT2D eigenvalue weighted by Crippen LogP contribution is 2.29. The van der Waals surface area contributed by atoms with Gasteiger partial charge in [0, 0.05) is 29.8 Å². The molecule has 1 saturated carbocycles. The van der Waals surface area contributed by atoms with E-state index in [9.17, 15) is 5.11 Å². The highest BCUT2D eigenvalue weighted by Gasteiger charge is 2.26. The number of aliphatic hydroxyl groups is 1. The van der Waals surface area contributed by atoms with Gasteiger partial charge in [0.1, 0.15) is 12.1 Å². The molecule has 2 N–H and O–H groups in total. The van der Waals surface area contributed by atoms with Gasteiger partial charge in [0.05, 0.1) is 0 Å². The van der Waals surface area contributed by atoms with Gasteiger partial charge in [0.2, 0.25) is 0 Å². The van der Waals surface area contributed by atoms with Gasteiger partial charge in [0.15, 0.2) is 0 Å². The van der Waals surface area contributed by atoms with Gasteiger partial charge < -0.3 is 10.4 Å². The van der Waals surface area contributed by atoms with E-state index in [1.165, 1.54) is 43.4 Å². The monoisotopic (exact) mass is 275 g/mol. The van der Waals surface area contributed by atoms with Gasteiger partial charge in [-0.15, -0.1) is 0 Å². The first-order chi connectivity index (χ1) is 9.88. The number of anilines is 1. The molecule has 2 aliphatic rings. The Balaban J connectivity index is 1.79. The predicted octanol–water partition coefficient (Wildman–Crippen LogP) is 2.71. The lowest BCUT2D eigenvalue weighted by Crippen LogP contribution is -2.35. The van der Waals surface area contributed by atoms with E-state index >= 15 is 0 Å². The summed E-state index contributed by atoms with van der Waals surface area (Å²) in [6.45, 7) is 0.283. The van der Waals surface area contributed by atoms with Crippen molar-refractivity contribution in [2.24, 2.45) is 5.92 Å². The minimum Gasteiger partial charge on any atom is -0.396 e. The zero-order chi connectivity index (χ0) is 13.8. The van der Waals surface area contributed by atoms with E-state index in [0.717, 1.165) is 31.5 Å². The minimum atomic E-state index is 0.283. The molecule has 4 nitrogen and oxygen atoms in total. The SMILES string of the molecule is OCC1CCCCC1Nc1ncnc2c1CCCCC2. The summed E-state index contributed by atoms with van der Waals surface area (Å²) < 4.78 is 0. The number of hydrogen-bond acceptors (Lipinski definition) is 4. The number of aryl methyl sites for hydroxylation is 1. The molecular weight excluding hydrogens is 250 g/mol. The zero-order valence-electron chi connectivity index (χ0n) is 12.1. The lowest BCUT2D eigenvalue weighted by atomic mass is 9.85. The molecule has 0 spiro atoms. The normalized spacial score (nSPS) is 26.6. The van der Waals surface area contributed by atoms with Crippen molar-refractivity contribution in [2.75, 3.05) is 11.9 Å². The molecule has 0 aromatic carbocycles. The molecule has 1 fully saturated rings. The summed E-state index contributed by atoms with van der Waals surface area (Å²) in [4.78, 5) is 8.96. The summed E-state index contributed by atoms with van der Waals surface area (Å²) in [5, 5.41) is 13.2. The summed E-state index contributed by atoms with van der Waals surface area (Å²) in [6, 6.07) is 0.371.